The summed E-state index contributed by atoms with van der Waals surface area (Å²) in [6.07, 6.45) is 1.12. The summed E-state index contributed by atoms with van der Waals surface area (Å²) in [4.78, 5) is 39.5. The van der Waals surface area contributed by atoms with Gasteiger partial charge in [0.2, 0.25) is 5.91 Å². The number of urea groups is 1. The number of carbonyl (C=O) groups excluding carboxylic acids is 3. The molecule has 2 saturated heterocycles. The lowest BCUT2D eigenvalue weighted by Gasteiger charge is -2.28. The van der Waals surface area contributed by atoms with Gasteiger partial charge in [0.05, 0.1) is 12.8 Å². The number of imide groups is 1. The van der Waals surface area contributed by atoms with Crippen LogP contribution in [-0.4, -0.2) is 62.6 Å². The zero-order valence-corrected chi connectivity index (χ0v) is 14.2. The molecule has 2 fully saturated rings. The van der Waals surface area contributed by atoms with E-state index < -0.39 is 6.03 Å². The maximum Gasteiger partial charge on any atom is 0.328 e. The van der Waals surface area contributed by atoms with Gasteiger partial charge in [-0.15, -0.1) is 0 Å². The molecule has 134 valence electrons. The molecule has 2 aliphatic rings. The van der Waals surface area contributed by atoms with Crippen molar-refractivity contribution < 1.29 is 19.1 Å². The highest BCUT2D eigenvalue weighted by molar-refractivity contribution is 6.07. The number of carbonyl (C=O) groups is 3. The van der Waals surface area contributed by atoms with Crippen LogP contribution in [0.2, 0.25) is 0 Å². The number of benzene rings is 1. The van der Waals surface area contributed by atoms with Crippen LogP contribution >= 0.6 is 0 Å². The van der Waals surface area contributed by atoms with Gasteiger partial charge in [0, 0.05) is 38.2 Å². The number of nitrogens with zero attached hydrogens (tertiary/aromatic N) is 2. The van der Waals surface area contributed by atoms with E-state index in [0.29, 0.717) is 30.1 Å². The number of nitrogens with one attached hydrogen (secondary N) is 2. The maximum absolute atomic E-state index is 12.8. The van der Waals surface area contributed by atoms with Crippen molar-refractivity contribution in [2.75, 3.05) is 44.7 Å². The molecular weight excluding hydrogens is 324 g/mol. The summed E-state index contributed by atoms with van der Waals surface area (Å²) >= 11 is 0. The third-order valence-corrected chi connectivity index (χ3v) is 4.40. The van der Waals surface area contributed by atoms with Crippen molar-refractivity contribution in [3.63, 3.8) is 0 Å². The summed E-state index contributed by atoms with van der Waals surface area (Å²) in [5.74, 6) is 0.115. The smallest absolute Gasteiger partial charge is 0.328 e. The minimum atomic E-state index is -0.502. The summed E-state index contributed by atoms with van der Waals surface area (Å²) in [6.45, 7) is 3.28. The number of methoxy groups -OCH3 is 1. The van der Waals surface area contributed by atoms with Gasteiger partial charge >= 0.3 is 6.03 Å². The van der Waals surface area contributed by atoms with Gasteiger partial charge in [0.1, 0.15) is 5.75 Å². The molecule has 0 aromatic heterocycles. The minimum Gasteiger partial charge on any atom is -0.495 e. The summed E-state index contributed by atoms with van der Waals surface area (Å²) in [5, 5.41) is 5.56. The van der Waals surface area contributed by atoms with E-state index in [2.05, 4.69) is 10.6 Å². The molecule has 3 rings (SSSR count). The highest BCUT2D eigenvalue weighted by atomic mass is 16.5. The molecule has 8 nitrogen and oxygen atoms in total. The fourth-order valence-corrected chi connectivity index (χ4v) is 3.06. The van der Waals surface area contributed by atoms with Crippen LogP contribution in [0.1, 0.15) is 23.2 Å². The molecule has 2 heterocycles. The highest BCUT2D eigenvalue weighted by Gasteiger charge is 2.28. The number of anilines is 1. The average molecular weight is 346 g/mol. The molecule has 0 spiro atoms. The van der Waals surface area contributed by atoms with Crippen molar-refractivity contribution in [1.82, 2.24) is 15.5 Å². The zero-order valence-electron chi connectivity index (χ0n) is 14.2. The van der Waals surface area contributed by atoms with Crippen molar-refractivity contribution in [3.8, 4) is 5.75 Å². The van der Waals surface area contributed by atoms with E-state index in [1.165, 1.54) is 12.0 Å². The third-order valence-electron chi connectivity index (χ3n) is 4.40. The van der Waals surface area contributed by atoms with Crippen molar-refractivity contribution in [2.45, 2.75) is 12.8 Å². The lowest BCUT2D eigenvalue weighted by Crippen LogP contribution is -2.49. The zero-order chi connectivity index (χ0) is 17.8. The Morgan fingerprint density at radius 1 is 1.16 bits per heavy atom. The number of amides is 4. The van der Waals surface area contributed by atoms with Crippen LogP contribution in [0.5, 0.6) is 5.75 Å². The fourth-order valence-electron chi connectivity index (χ4n) is 3.06. The summed E-state index contributed by atoms with van der Waals surface area (Å²) < 4.78 is 5.33. The quantitative estimate of drug-likeness (QED) is 0.835. The summed E-state index contributed by atoms with van der Waals surface area (Å²) in [6, 6.07) is 4.55. The molecule has 0 radical (unpaired) electrons. The normalized spacial score (nSPS) is 18.6. The molecule has 0 saturated carbocycles. The predicted octanol–water partition coefficient (Wildman–Crippen LogP) is 0.577. The Bertz CT molecular complexity index is 683. The Labute approximate surface area is 146 Å². The van der Waals surface area contributed by atoms with Gasteiger partial charge in [-0.25, -0.2) is 4.79 Å². The van der Waals surface area contributed by atoms with Crippen LogP contribution in [-0.2, 0) is 4.79 Å². The first-order valence-corrected chi connectivity index (χ1v) is 8.39. The first kappa shape index (κ1) is 17.2. The van der Waals surface area contributed by atoms with Gasteiger partial charge in [-0.2, -0.15) is 0 Å². The number of hydrogen-bond donors (Lipinski definition) is 2. The van der Waals surface area contributed by atoms with Crippen molar-refractivity contribution >= 4 is 23.5 Å². The van der Waals surface area contributed by atoms with E-state index in [0.717, 1.165) is 19.5 Å². The second-order valence-corrected chi connectivity index (χ2v) is 6.04. The Morgan fingerprint density at radius 2 is 2.00 bits per heavy atom. The molecule has 0 bridgehead atoms. The number of ether oxygens (including phenoxy) is 1. The van der Waals surface area contributed by atoms with Crippen molar-refractivity contribution in [2.24, 2.45) is 0 Å². The van der Waals surface area contributed by atoms with Gasteiger partial charge < -0.3 is 15.0 Å². The Hall–Kier alpha value is -2.61. The van der Waals surface area contributed by atoms with E-state index in [-0.39, 0.29) is 24.8 Å². The predicted molar refractivity (Wildman–Crippen MR) is 91.9 cm³/mol. The maximum atomic E-state index is 12.8. The first-order valence-electron chi connectivity index (χ1n) is 8.39. The molecular formula is C17H22N4O4. The van der Waals surface area contributed by atoms with Crippen LogP contribution in [0, 0.1) is 0 Å². The molecule has 25 heavy (non-hydrogen) atoms. The molecule has 0 aliphatic carbocycles. The Balaban J connectivity index is 1.88. The van der Waals surface area contributed by atoms with Crippen molar-refractivity contribution in [3.05, 3.63) is 23.8 Å². The summed E-state index contributed by atoms with van der Waals surface area (Å²) in [5.41, 5.74) is 0.994. The van der Waals surface area contributed by atoms with Gasteiger partial charge in [-0.1, -0.05) is 0 Å². The van der Waals surface area contributed by atoms with Crippen LogP contribution in [0.4, 0.5) is 10.5 Å². The van der Waals surface area contributed by atoms with Crippen LogP contribution in [0.25, 0.3) is 0 Å². The Kier molecular flexibility index (Phi) is 5.18. The molecule has 1 aromatic carbocycles. The molecule has 2 aliphatic heterocycles. The number of hydrogen-bond acceptors (Lipinski definition) is 5. The number of rotatable bonds is 3. The van der Waals surface area contributed by atoms with Gasteiger partial charge in [-0.05, 0) is 31.2 Å². The van der Waals surface area contributed by atoms with Crippen LogP contribution in [0.15, 0.2) is 18.2 Å². The highest BCUT2D eigenvalue weighted by Crippen LogP contribution is 2.31. The molecule has 1 aromatic rings. The fraction of sp³-hybridized carbons (Fsp3) is 0.471. The second kappa shape index (κ2) is 7.52. The standard InChI is InChI=1S/C17H22N4O4/c1-25-14-4-3-12(16(23)20-8-2-6-18-7-10-20)11-13(14)21-9-5-15(22)19-17(21)24/h3-4,11,18H,2,5-10H2,1H3,(H,19,22,24). The minimum absolute atomic E-state index is 0.0684. The van der Waals surface area contributed by atoms with Crippen LogP contribution in [0.3, 0.4) is 0 Å². The van der Waals surface area contributed by atoms with E-state index in [1.807, 2.05) is 4.90 Å². The van der Waals surface area contributed by atoms with Gasteiger partial charge in [0.25, 0.3) is 5.91 Å². The molecule has 8 heteroatoms. The van der Waals surface area contributed by atoms with Crippen LogP contribution < -0.4 is 20.3 Å². The Morgan fingerprint density at radius 3 is 2.76 bits per heavy atom. The van der Waals surface area contributed by atoms with Gasteiger partial charge in [0.15, 0.2) is 0 Å². The summed E-state index contributed by atoms with van der Waals surface area (Å²) in [7, 11) is 1.51. The van der Waals surface area contributed by atoms with E-state index in [9.17, 15) is 14.4 Å². The van der Waals surface area contributed by atoms with Crippen molar-refractivity contribution in [1.29, 1.82) is 0 Å². The monoisotopic (exact) mass is 346 g/mol. The molecule has 0 atom stereocenters. The lowest BCUT2D eigenvalue weighted by atomic mass is 10.1. The third kappa shape index (κ3) is 3.74. The largest absolute Gasteiger partial charge is 0.495 e. The molecule has 4 amide bonds. The van der Waals surface area contributed by atoms with E-state index in [4.69, 9.17) is 4.74 Å². The second-order valence-electron chi connectivity index (χ2n) is 6.04. The first-order chi connectivity index (χ1) is 12.1. The molecule has 2 N–H and O–H groups in total. The van der Waals surface area contributed by atoms with E-state index in [1.54, 1.807) is 18.2 Å². The lowest BCUT2D eigenvalue weighted by molar-refractivity contribution is -0.120. The molecule has 0 unspecified atom stereocenters. The van der Waals surface area contributed by atoms with Gasteiger partial charge in [-0.3, -0.25) is 19.8 Å². The average Bonchev–Trinajstić information content (AvgIpc) is 2.90. The van der Waals surface area contributed by atoms with E-state index >= 15 is 0 Å². The SMILES string of the molecule is COc1ccc(C(=O)N2CCCNCC2)cc1N1CCC(=O)NC1=O. The topological polar surface area (TPSA) is 91.0 Å².